The van der Waals surface area contributed by atoms with E-state index in [0.29, 0.717) is 47.1 Å². The Labute approximate surface area is 248 Å². The molecule has 1 atom stereocenters. The number of fused-ring (bicyclic) bond motifs is 2. The molecule has 0 bridgehead atoms. The fourth-order valence-electron chi connectivity index (χ4n) is 4.94. The maximum absolute atomic E-state index is 13.7. The maximum atomic E-state index is 13.7. The minimum atomic E-state index is -0.628. The maximum Gasteiger partial charge on any atom is 0.336 e. The summed E-state index contributed by atoms with van der Waals surface area (Å²) in [5.74, 6) is -0.0300. The van der Waals surface area contributed by atoms with Crippen molar-refractivity contribution in [3.8, 4) is 11.5 Å². The number of carbonyl (C=O) groups excluding carboxylic acids is 2. The van der Waals surface area contributed by atoms with Gasteiger partial charge in [0.15, 0.2) is 17.3 Å². The molecule has 0 saturated heterocycles. The van der Waals surface area contributed by atoms with E-state index in [1.165, 1.54) is 7.11 Å². The number of Topliss-reactive ketones (excluding diaryl/α,β-unsaturated/α-hetero) is 1. The summed E-state index contributed by atoms with van der Waals surface area (Å²) in [5.41, 5.74) is 5.56. The van der Waals surface area contributed by atoms with Crippen molar-refractivity contribution in [2.75, 3.05) is 13.7 Å². The first-order valence-electron chi connectivity index (χ1n) is 12.1. The van der Waals surface area contributed by atoms with Gasteiger partial charge in [-0.3, -0.25) is 4.79 Å². The van der Waals surface area contributed by atoms with Crippen LogP contribution in [-0.4, -0.2) is 25.5 Å². The standard InChI is InChI=1S/C30H25I2NO5/c1-4-37-23-14-18(13-22(32)29(23)38-15-17-9-11-19(31)12-10-17)25-24(30(35)36-3)16(2)33-27-20-7-5-6-8-21(20)28(34)26(25)27/h5-14,25,33H,4,15H2,1-3H3/t25-/m1/s1. The molecular formula is C30H25I2NO5. The van der Waals surface area contributed by atoms with Crippen molar-refractivity contribution in [2.24, 2.45) is 0 Å². The molecule has 0 radical (unpaired) electrons. The first-order chi connectivity index (χ1) is 18.3. The summed E-state index contributed by atoms with van der Waals surface area (Å²) in [4.78, 5) is 26.8. The van der Waals surface area contributed by atoms with Crippen LogP contribution in [0.3, 0.4) is 0 Å². The van der Waals surface area contributed by atoms with Crippen LogP contribution in [0.4, 0.5) is 0 Å². The Bertz CT molecular complexity index is 1510. The number of hydrogen-bond donors (Lipinski definition) is 1. The van der Waals surface area contributed by atoms with E-state index in [0.717, 1.165) is 29.5 Å². The van der Waals surface area contributed by atoms with Gasteiger partial charge in [-0.15, -0.1) is 0 Å². The Morgan fingerprint density at radius 1 is 1.00 bits per heavy atom. The molecule has 1 aliphatic carbocycles. The zero-order chi connectivity index (χ0) is 27.0. The molecule has 3 aromatic rings. The van der Waals surface area contributed by atoms with Crippen LogP contribution in [0.5, 0.6) is 11.5 Å². The van der Waals surface area contributed by atoms with Crippen LogP contribution in [-0.2, 0) is 16.1 Å². The number of halogens is 2. The van der Waals surface area contributed by atoms with Crippen molar-refractivity contribution < 1.29 is 23.8 Å². The van der Waals surface area contributed by atoms with E-state index >= 15 is 0 Å². The van der Waals surface area contributed by atoms with Crippen LogP contribution in [0.25, 0.3) is 5.70 Å². The predicted octanol–water partition coefficient (Wildman–Crippen LogP) is 6.61. The highest BCUT2D eigenvalue weighted by atomic mass is 127. The van der Waals surface area contributed by atoms with Crippen molar-refractivity contribution in [1.29, 1.82) is 0 Å². The second-order valence-electron chi connectivity index (χ2n) is 8.93. The molecule has 0 unspecified atom stereocenters. The Morgan fingerprint density at radius 3 is 2.39 bits per heavy atom. The third-order valence-corrected chi connectivity index (χ3v) is 8.14. The van der Waals surface area contributed by atoms with Crippen LogP contribution in [0.1, 0.15) is 46.8 Å². The zero-order valence-electron chi connectivity index (χ0n) is 21.1. The number of benzene rings is 3. The molecule has 6 nitrogen and oxygen atoms in total. The van der Waals surface area contributed by atoms with Crippen LogP contribution in [0.2, 0.25) is 0 Å². The molecule has 1 N–H and O–H groups in total. The first-order valence-corrected chi connectivity index (χ1v) is 14.3. The smallest absolute Gasteiger partial charge is 0.336 e. The second kappa shape index (κ2) is 11.1. The van der Waals surface area contributed by atoms with Crippen molar-refractivity contribution in [3.05, 3.63) is 107 Å². The van der Waals surface area contributed by atoms with Gasteiger partial charge >= 0.3 is 5.97 Å². The highest BCUT2D eigenvalue weighted by Gasteiger charge is 2.43. The summed E-state index contributed by atoms with van der Waals surface area (Å²) in [7, 11) is 1.35. The van der Waals surface area contributed by atoms with Crippen molar-refractivity contribution in [3.63, 3.8) is 0 Å². The summed E-state index contributed by atoms with van der Waals surface area (Å²) in [6, 6.07) is 19.5. The van der Waals surface area contributed by atoms with Crippen LogP contribution < -0.4 is 14.8 Å². The lowest BCUT2D eigenvalue weighted by Gasteiger charge is -2.29. The number of carbonyl (C=O) groups is 2. The minimum Gasteiger partial charge on any atom is -0.490 e. The number of rotatable bonds is 7. The zero-order valence-corrected chi connectivity index (χ0v) is 25.4. The van der Waals surface area contributed by atoms with Crippen molar-refractivity contribution in [2.45, 2.75) is 26.4 Å². The molecule has 8 heteroatoms. The third kappa shape index (κ3) is 4.84. The molecule has 194 valence electrons. The van der Waals surface area contributed by atoms with E-state index in [2.05, 4.69) is 50.5 Å². The Hall–Kier alpha value is -2.86. The topological polar surface area (TPSA) is 73.9 Å². The molecule has 0 saturated carbocycles. The summed E-state index contributed by atoms with van der Waals surface area (Å²) >= 11 is 4.50. The molecule has 38 heavy (non-hydrogen) atoms. The fraction of sp³-hybridized carbons (Fsp3) is 0.200. The quantitative estimate of drug-likeness (QED) is 0.218. The van der Waals surface area contributed by atoms with Gasteiger partial charge in [0.05, 0.1) is 28.6 Å². The molecular weight excluding hydrogens is 708 g/mol. The third-order valence-electron chi connectivity index (χ3n) is 6.62. The van der Waals surface area contributed by atoms with E-state index in [-0.39, 0.29) is 5.78 Å². The number of methoxy groups -OCH3 is 1. The van der Waals surface area contributed by atoms with Crippen LogP contribution >= 0.6 is 45.2 Å². The Balaban J connectivity index is 1.61. The van der Waals surface area contributed by atoms with Gasteiger partial charge in [0, 0.05) is 31.9 Å². The predicted molar refractivity (Wildman–Crippen MR) is 162 cm³/mol. The largest absolute Gasteiger partial charge is 0.490 e. The summed E-state index contributed by atoms with van der Waals surface area (Å²) < 4.78 is 19.4. The van der Waals surface area contributed by atoms with E-state index in [1.54, 1.807) is 0 Å². The van der Waals surface area contributed by atoms with Gasteiger partial charge in [-0.1, -0.05) is 36.4 Å². The lowest BCUT2D eigenvalue weighted by molar-refractivity contribution is -0.136. The van der Waals surface area contributed by atoms with Crippen LogP contribution in [0, 0.1) is 7.14 Å². The molecule has 1 heterocycles. The number of ketones is 1. The number of ether oxygens (including phenoxy) is 3. The molecule has 0 amide bonds. The highest BCUT2D eigenvalue weighted by Crippen LogP contribution is 2.48. The molecule has 0 fully saturated rings. The van der Waals surface area contributed by atoms with Gasteiger partial charge in [-0.05, 0) is 94.4 Å². The molecule has 1 aliphatic heterocycles. The van der Waals surface area contributed by atoms with Gasteiger partial charge in [-0.25, -0.2) is 4.79 Å². The lowest BCUT2D eigenvalue weighted by Crippen LogP contribution is -2.29. The van der Waals surface area contributed by atoms with E-state index in [9.17, 15) is 9.59 Å². The SMILES string of the molecule is CCOc1cc([C@@H]2C(C(=O)OC)=C(C)NC3=C2C(=O)c2ccccc23)cc(I)c1OCc1ccc(I)cc1. The van der Waals surface area contributed by atoms with E-state index in [1.807, 2.05) is 74.5 Å². The van der Waals surface area contributed by atoms with Gasteiger partial charge in [0.25, 0.3) is 0 Å². The lowest BCUT2D eigenvalue weighted by atomic mass is 9.79. The first kappa shape index (κ1) is 26.7. The highest BCUT2D eigenvalue weighted by molar-refractivity contribution is 14.1. The van der Waals surface area contributed by atoms with Crippen molar-refractivity contribution >= 4 is 62.6 Å². The van der Waals surface area contributed by atoms with Crippen molar-refractivity contribution in [1.82, 2.24) is 5.32 Å². The molecule has 2 aliphatic rings. The Morgan fingerprint density at radius 2 is 1.71 bits per heavy atom. The van der Waals surface area contributed by atoms with Gasteiger partial charge < -0.3 is 19.5 Å². The fourth-order valence-corrected chi connectivity index (χ4v) is 6.08. The number of allylic oxidation sites excluding steroid dienone is 2. The number of hydrogen-bond acceptors (Lipinski definition) is 6. The molecule has 5 rings (SSSR count). The van der Waals surface area contributed by atoms with Gasteiger partial charge in [0.1, 0.15) is 6.61 Å². The monoisotopic (exact) mass is 733 g/mol. The number of nitrogens with one attached hydrogen (secondary N) is 1. The molecule has 0 spiro atoms. The number of esters is 1. The Kier molecular flexibility index (Phi) is 7.80. The summed E-state index contributed by atoms with van der Waals surface area (Å²) in [6.45, 7) is 4.56. The van der Waals surface area contributed by atoms with Gasteiger partial charge in [-0.2, -0.15) is 0 Å². The summed E-state index contributed by atoms with van der Waals surface area (Å²) in [5, 5.41) is 3.32. The van der Waals surface area contributed by atoms with E-state index < -0.39 is 11.9 Å². The summed E-state index contributed by atoms with van der Waals surface area (Å²) in [6.07, 6.45) is 0. The molecule has 3 aromatic carbocycles. The minimum absolute atomic E-state index is 0.103. The average molecular weight is 733 g/mol. The molecule has 0 aromatic heterocycles. The van der Waals surface area contributed by atoms with Gasteiger partial charge in [0.2, 0.25) is 0 Å². The average Bonchev–Trinajstić information content (AvgIpc) is 3.19. The second-order valence-corrected chi connectivity index (χ2v) is 11.3. The van der Waals surface area contributed by atoms with Crippen LogP contribution in [0.15, 0.2) is 77.5 Å². The number of dihydropyridines is 1. The normalized spacial score (nSPS) is 16.1. The van der Waals surface area contributed by atoms with E-state index in [4.69, 9.17) is 14.2 Å².